The highest BCUT2D eigenvalue weighted by Crippen LogP contribution is 2.63. The Labute approximate surface area is 587 Å². The quantitative estimate of drug-likeness (QED) is 0.0529. The first-order valence-electron chi connectivity index (χ1n) is 33.0. The third-order valence-electron chi connectivity index (χ3n) is 19.9. The van der Waals surface area contributed by atoms with Gasteiger partial charge in [-0.25, -0.2) is 28.9 Å². The number of carbonyl (C=O) groups excluding carboxylic acids is 2. The molecule has 0 saturated heterocycles. The average molecular weight is 1380 g/mol. The smallest absolute Gasteiger partial charge is 0.415 e. The highest BCUT2D eigenvalue weighted by molar-refractivity contribution is 6.61. The second kappa shape index (κ2) is 30.0. The highest BCUT2D eigenvalue weighted by Gasteiger charge is 2.60. The average Bonchev–Trinajstić information content (AvgIpc) is 1.27. The lowest BCUT2D eigenvalue weighted by Gasteiger charge is -2.61. The molecular formula is C74H86ClF2N17O6. The summed E-state index contributed by atoms with van der Waals surface area (Å²) in [6.45, 7) is 24.1. The Hall–Kier alpha value is -9.79. The Morgan fingerprint density at radius 2 is 1.09 bits per heavy atom. The number of nitrogens with zero attached hydrogens (tertiary/aromatic N) is 15. The van der Waals surface area contributed by atoms with Crippen molar-refractivity contribution < 1.29 is 37.3 Å². The van der Waals surface area contributed by atoms with Crippen LogP contribution in [0.2, 0.25) is 0 Å². The Balaban J connectivity index is 0.000000208. The molecule has 0 spiro atoms. The summed E-state index contributed by atoms with van der Waals surface area (Å²) in [5.41, 5.74) is 6.97. The number of ether oxygens (including phenoxy) is 4. The van der Waals surface area contributed by atoms with Crippen LogP contribution in [0, 0.1) is 93.7 Å². The molecule has 6 aliphatic carbocycles. The topological polar surface area (TPSA) is 306 Å². The first-order chi connectivity index (χ1) is 46.9. The van der Waals surface area contributed by atoms with Crippen LogP contribution in [-0.4, -0.2) is 113 Å². The van der Waals surface area contributed by atoms with Gasteiger partial charge in [0.05, 0.1) is 86.5 Å². The molecule has 26 heteroatoms. The van der Waals surface area contributed by atoms with Crippen molar-refractivity contribution in [3.8, 4) is 24.3 Å². The lowest BCUT2D eigenvalue weighted by Crippen LogP contribution is -2.59. The number of rotatable bonds is 20. The van der Waals surface area contributed by atoms with Crippen molar-refractivity contribution in [2.75, 3.05) is 43.0 Å². The number of carbonyl (C=O) groups is 2. The van der Waals surface area contributed by atoms with Gasteiger partial charge in [-0.3, -0.25) is 14.9 Å². The number of hydrogen-bond acceptors (Lipinski definition) is 20. The van der Waals surface area contributed by atoms with Crippen LogP contribution in [0.4, 0.5) is 35.4 Å². The van der Waals surface area contributed by atoms with E-state index < -0.39 is 35.6 Å². The van der Waals surface area contributed by atoms with E-state index in [9.17, 15) is 39.4 Å². The third-order valence-corrected chi connectivity index (χ3v) is 19.9. The largest absolute Gasteiger partial charge is 0.448 e. The van der Waals surface area contributed by atoms with Crippen molar-refractivity contribution in [1.82, 2.24) is 49.9 Å². The molecule has 0 aliphatic heterocycles. The monoisotopic (exact) mass is 1380 g/mol. The summed E-state index contributed by atoms with van der Waals surface area (Å²) in [5.74, 6) is 0.0405. The predicted octanol–water partition coefficient (Wildman–Crippen LogP) is 14.7. The molecule has 4 bridgehead atoms. The van der Waals surface area contributed by atoms with Gasteiger partial charge in [-0.15, -0.1) is 10.2 Å². The molecular weight excluding hydrogens is 1300 g/mol. The van der Waals surface area contributed by atoms with E-state index in [4.69, 9.17) is 21.1 Å². The van der Waals surface area contributed by atoms with Crippen LogP contribution < -0.4 is 15.5 Å². The SMILES string of the molecule is C.COC[C@@H](C)OC(=O)Cl.COC[C@@H](C)OC(=O)N(c1cc(C#N)c2ncc(C#N)c(N[C@H](C)C(C)(C)C)c2c1)C(c1cn(C23CC(C2)C3)nn1)c1ccc(F)nc1C.Cc1nc(F)ccc1C(Cc1cc(C#N)c2ncc(C#N)c(N[C@H](C)C(C)(C)C)c2c1)c1cn(C23CC(C2)C3)nn1. The van der Waals surface area contributed by atoms with Crippen molar-refractivity contribution >= 4 is 62.0 Å². The van der Waals surface area contributed by atoms with Crippen molar-refractivity contribution in [1.29, 1.82) is 21.0 Å². The Morgan fingerprint density at radius 1 is 0.650 bits per heavy atom. The molecule has 8 aromatic rings. The van der Waals surface area contributed by atoms with Gasteiger partial charge in [0.15, 0.2) is 0 Å². The summed E-state index contributed by atoms with van der Waals surface area (Å²) in [5, 5.41) is 67.0. The van der Waals surface area contributed by atoms with E-state index in [1.807, 2.05) is 40.8 Å². The van der Waals surface area contributed by atoms with E-state index in [1.165, 1.54) is 43.6 Å². The summed E-state index contributed by atoms with van der Waals surface area (Å²) in [7, 11) is 3.04. The number of pyridine rings is 4. The summed E-state index contributed by atoms with van der Waals surface area (Å²) in [4.78, 5) is 43.0. The maximum Gasteiger partial charge on any atom is 0.415 e. The molecule has 6 fully saturated rings. The summed E-state index contributed by atoms with van der Waals surface area (Å²) >= 11 is 4.89. The number of halogens is 3. The lowest BCUT2D eigenvalue weighted by atomic mass is 9.50. The van der Waals surface area contributed by atoms with E-state index in [0.717, 1.165) is 66.6 Å². The zero-order valence-electron chi connectivity index (χ0n) is 58.2. The number of hydrogen-bond donors (Lipinski definition) is 2. The number of benzene rings is 2. The maximum atomic E-state index is 14.5. The molecule has 6 heterocycles. The Bertz CT molecular complexity index is 4520. The maximum absolute atomic E-state index is 14.5. The summed E-state index contributed by atoms with van der Waals surface area (Å²) in [6, 6.07) is 21.1. The minimum atomic E-state index is -0.988. The first-order valence-corrected chi connectivity index (χ1v) is 33.3. The highest BCUT2D eigenvalue weighted by atomic mass is 35.5. The molecule has 524 valence electrons. The van der Waals surface area contributed by atoms with Gasteiger partial charge in [0.25, 0.3) is 0 Å². The van der Waals surface area contributed by atoms with Gasteiger partial charge in [0.1, 0.15) is 48.2 Å². The number of fused-ring (bicyclic) bond motifs is 2. The minimum absolute atomic E-state index is 0. The second-order valence-electron chi connectivity index (χ2n) is 28.9. The third kappa shape index (κ3) is 15.5. The lowest BCUT2D eigenvalue weighted by molar-refractivity contribution is -0.0990. The van der Waals surface area contributed by atoms with Gasteiger partial charge in [-0.1, -0.05) is 71.5 Å². The fraction of sp³-hybridized carbons (Fsp3) is 0.486. The van der Waals surface area contributed by atoms with E-state index in [0.29, 0.717) is 80.5 Å². The number of nitriles is 4. The van der Waals surface area contributed by atoms with Gasteiger partial charge in [-0.2, -0.15) is 29.8 Å². The van der Waals surface area contributed by atoms with E-state index in [1.54, 1.807) is 52.0 Å². The molecule has 100 heavy (non-hydrogen) atoms. The molecule has 6 saturated carbocycles. The van der Waals surface area contributed by atoms with Crippen LogP contribution >= 0.6 is 11.6 Å². The predicted molar refractivity (Wildman–Crippen MR) is 374 cm³/mol. The fourth-order valence-electron chi connectivity index (χ4n) is 13.2. The van der Waals surface area contributed by atoms with Gasteiger partial charge in [0.2, 0.25) is 11.9 Å². The van der Waals surface area contributed by atoms with Gasteiger partial charge in [0, 0.05) is 90.1 Å². The van der Waals surface area contributed by atoms with E-state index >= 15 is 0 Å². The molecule has 14 rings (SSSR count). The van der Waals surface area contributed by atoms with Crippen LogP contribution in [0.1, 0.15) is 189 Å². The van der Waals surface area contributed by atoms with Crippen molar-refractivity contribution in [3.63, 3.8) is 0 Å². The number of methoxy groups -OCH3 is 2. The van der Waals surface area contributed by atoms with Crippen LogP contribution in [0.3, 0.4) is 0 Å². The summed E-state index contributed by atoms with van der Waals surface area (Å²) in [6.07, 6.45) is 12.1. The van der Waals surface area contributed by atoms with Crippen LogP contribution in [-0.2, 0) is 36.4 Å². The molecule has 23 nitrogen and oxygen atoms in total. The molecule has 0 radical (unpaired) electrons. The molecule has 2 aromatic carbocycles. The first kappa shape index (κ1) is 74.4. The standard InChI is InChI=1S/C36H40FN9O3.C32H33FN8.C5H9ClO3.CH4/c1-20(19-48-7)49-34(47)46(26-10-24(15-38)31-28(11-26)32(25(16-39)17-40-31)42-22(3)35(4,5)6)33(27-8-9-30(37)41-21(27)2)29-18-45(44-43-29)36-12-23(13-36)14-36;1-18-24(6-7-28(33)37-18)25(27-17-41(40-39-27)32-11-21(12-32)13-32)9-20-8-22(14-34)29-26(10-20)30(23(15-35)16-36-29)38-19(2)31(3,4)5;1-4(3-8-2)9-5(6)7;/h8-11,17-18,20,22-23,33H,12-14,19H2,1-7H3,(H,40,42);6-8,10,16-17,19,21,25H,9,11-13H2,1-5H3,(H,36,38);4H,3H2,1-2H3;1H4/t20-,22-,23?,33?,36?;19-,21?,25?,32?;4-;/m111./s1. The fourth-order valence-corrected chi connectivity index (χ4v) is 13.4. The van der Waals surface area contributed by atoms with E-state index in [-0.39, 0.29) is 76.9 Å². The van der Waals surface area contributed by atoms with E-state index in [2.05, 4.69) is 133 Å². The van der Waals surface area contributed by atoms with Crippen LogP contribution in [0.15, 0.2) is 73.3 Å². The number of aryl methyl sites for hydroxylation is 2. The Kier molecular flexibility index (Phi) is 22.3. The zero-order valence-corrected chi connectivity index (χ0v) is 59.0. The van der Waals surface area contributed by atoms with Crippen molar-refractivity contribution in [2.45, 2.75) is 183 Å². The molecule has 6 aliphatic rings. The zero-order chi connectivity index (χ0) is 71.6. The Morgan fingerprint density at radius 3 is 1.52 bits per heavy atom. The molecule has 2 unspecified atom stereocenters. The van der Waals surface area contributed by atoms with Gasteiger partial charge < -0.3 is 29.6 Å². The molecule has 6 aromatic heterocycles. The normalized spacial score (nSPS) is 19.4. The van der Waals surface area contributed by atoms with Crippen LogP contribution in [0.25, 0.3) is 21.8 Å². The number of amides is 1. The van der Waals surface area contributed by atoms with Gasteiger partial charge >= 0.3 is 11.5 Å². The van der Waals surface area contributed by atoms with Gasteiger partial charge in [-0.05, 0) is 157 Å². The number of anilines is 3. The molecule has 1 amide bonds. The number of nitrogens with one attached hydrogen (secondary N) is 2. The van der Waals surface area contributed by atoms with Crippen LogP contribution in [0.5, 0.6) is 0 Å². The van der Waals surface area contributed by atoms with Crippen molar-refractivity contribution in [3.05, 3.63) is 147 Å². The number of aromatic nitrogens is 10. The van der Waals surface area contributed by atoms with Crippen molar-refractivity contribution in [2.24, 2.45) is 22.7 Å². The molecule has 6 atom stereocenters. The molecule has 2 N–H and O–H groups in total. The minimum Gasteiger partial charge on any atom is -0.448 e. The summed E-state index contributed by atoms with van der Waals surface area (Å²) < 4.78 is 52.7. The second-order valence-corrected chi connectivity index (χ2v) is 29.2.